The van der Waals surface area contributed by atoms with E-state index in [4.69, 9.17) is 5.84 Å². The topological polar surface area (TPSA) is 54.2 Å². The number of nitrogens with zero attached hydrogens (tertiary/aromatic N) is 2. The van der Waals surface area contributed by atoms with Crippen LogP contribution in [0, 0.1) is 0 Å². The molecule has 1 aromatic carbocycles. The summed E-state index contributed by atoms with van der Waals surface area (Å²) < 4.78 is 0. The van der Waals surface area contributed by atoms with Gasteiger partial charge < -0.3 is 4.90 Å². The fourth-order valence-electron chi connectivity index (χ4n) is 1.90. The Morgan fingerprint density at radius 2 is 2.12 bits per heavy atom. The molecule has 0 saturated heterocycles. The van der Waals surface area contributed by atoms with Crippen LogP contribution in [0.15, 0.2) is 36.5 Å². The molecule has 4 nitrogen and oxygen atoms in total. The third kappa shape index (κ3) is 2.79. The Bertz CT molecular complexity index is 495. The molecule has 0 fully saturated rings. The van der Waals surface area contributed by atoms with E-state index in [2.05, 4.69) is 27.4 Å². The van der Waals surface area contributed by atoms with Crippen LogP contribution in [0.1, 0.15) is 11.6 Å². The van der Waals surface area contributed by atoms with Crippen molar-refractivity contribution in [3.8, 4) is 0 Å². The van der Waals surface area contributed by atoms with Crippen molar-refractivity contribution in [2.45, 2.75) is 6.04 Å². The lowest BCUT2D eigenvalue weighted by atomic mass is 10.1. The summed E-state index contributed by atoms with van der Waals surface area (Å²) in [7, 11) is 4.05. The van der Waals surface area contributed by atoms with Gasteiger partial charge in [0.2, 0.25) is 0 Å². The van der Waals surface area contributed by atoms with Gasteiger partial charge in [0.1, 0.15) is 0 Å². The predicted octanol–water partition coefficient (Wildman–Crippen LogP) is 1.30. The molecule has 0 aliphatic heterocycles. The molecule has 3 N–H and O–H groups in total. The average molecular weight is 230 g/mol. The second kappa shape index (κ2) is 5.23. The summed E-state index contributed by atoms with van der Waals surface area (Å²) in [4.78, 5) is 6.54. The van der Waals surface area contributed by atoms with Crippen LogP contribution in [0.4, 0.5) is 0 Å². The minimum absolute atomic E-state index is 0.0992. The summed E-state index contributed by atoms with van der Waals surface area (Å²) in [6, 6.07) is 10.3. The Hall–Kier alpha value is -1.49. The van der Waals surface area contributed by atoms with Gasteiger partial charge in [-0.25, -0.2) is 0 Å². The zero-order valence-electron chi connectivity index (χ0n) is 10.2. The standard InChI is InChI=1S/C13H18N4/c1-17(2)9-13(16-14)11-7-10-5-3-4-6-12(10)15-8-11/h3-8,13,16H,9,14H2,1-2H3. The first-order valence-corrected chi connectivity index (χ1v) is 5.66. The van der Waals surface area contributed by atoms with Crippen molar-refractivity contribution in [2.24, 2.45) is 5.84 Å². The number of hydrazine groups is 1. The van der Waals surface area contributed by atoms with Crippen LogP contribution in [0.5, 0.6) is 0 Å². The Morgan fingerprint density at radius 3 is 2.82 bits per heavy atom. The molecular weight excluding hydrogens is 212 g/mol. The SMILES string of the molecule is CN(C)CC(NN)c1cnc2ccccc2c1. The van der Waals surface area contributed by atoms with E-state index in [0.717, 1.165) is 23.0 Å². The summed E-state index contributed by atoms with van der Waals surface area (Å²) in [6.45, 7) is 0.844. The van der Waals surface area contributed by atoms with Gasteiger partial charge in [-0.3, -0.25) is 16.3 Å². The van der Waals surface area contributed by atoms with Crippen molar-refractivity contribution >= 4 is 10.9 Å². The first-order valence-electron chi connectivity index (χ1n) is 5.66. The maximum Gasteiger partial charge on any atom is 0.0702 e. The van der Waals surface area contributed by atoms with Crippen LogP contribution in [0.25, 0.3) is 10.9 Å². The van der Waals surface area contributed by atoms with Crippen molar-refractivity contribution in [1.82, 2.24) is 15.3 Å². The van der Waals surface area contributed by atoms with Crippen LogP contribution >= 0.6 is 0 Å². The molecule has 1 atom stereocenters. The predicted molar refractivity (Wildman–Crippen MR) is 70.4 cm³/mol. The third-order valence-corrected chi connectivity index (χ3v) is 2.76. The van der Waals surface area contributed by atoms with E-state index in [-0.39, 0.29) is 6.04 Å². The Morgan fingerprint density at radius 1 is 1.35 bits per heavy atom. The highest BCUT2D eigenvalue weighted by molar-refractivity contribution is 5.78. The molecule has 2 aromatic rings. The number of rotatable bonds is 4. The van der Waals surface area contributed by atoms with Crippen molar-refractivity contribution in [2.75, 3.05) is 20.6 Å². The lowest BCUT2D eigenvalue weighted by Gasteiger charge is -2.20. The molecule has 17 heavy (non-hydrogen) atoms. The van der Waals surface area contributed by atoms with Crippen molar-refractivity contribution < 1.29 is 0 Å². The minimum Gasteiger partial charge on any atom is -0.307 e. The number of nitrogens with one attached hydrogen (secondary N) is 1. The number of hydrogen-bond acceptors (Lipinski definition) is 4. The highest BCUT2D eigenvalue weighted by Crippen LogP contribution is 2.18. The van der Waals surface area contributed by atoms with Crippen molar-refractivity contribution in [1.29, 1.82) is 0 Å². The summed E-state index contributed by atoms with van der Waals surface area (Å²) >= 11 is 0. The number of likely N-dealkylation sites (N-methyl/N-ethyl adjacent to an activating group) is 1. The molecule has 0 amide bonds. The van der Waals surface area contributed by atoms with Gasteiger partial charge in [0.15, 0.2) is 0 Å². The second-order valence-corrected chi connectivity index (χ2v) is 4.44. The van der Waals surface area contributed by atoms with Gasteiger partial charge in [-0.1, -0.05) is 18.2 Å². The van der Waals surface area contributed by atoms with E-state index in [0.29, 0.717) is 0 Å². The zero-order valence-corrected chi connectivity index (χ0v) is 10.2. The Kier molecular flexibility index (Phi) is 3.68. The van der Waals surface area contributed by atoms with Crippen LogP contribution in [0.2, 0.25) is 0 Å². The quantitative estimate of drug-likeness (QED) is 0.614. The zero-order chi connectivity index (χ0) is 12.3. The first kappa shape index (κ1) is 12.0. The maximum absolute atomic E-state index is 5.59. The fraction of sp³-hybridized carbons (Fsp3) is 0.308. The van der Waals surface area contributed by atoms with Crippen molar-refractivity contribution in [3.05, 3.63) is 42.1 Å². The molecule has 1 unspecified atom stereocenters. The lowest BCUT2D eigenvalue weighted by Crippen LogP contribution is -2.35. The molecule has 0 saturated carbocycles. The van der Waals surface area contributed by atoms with E-state index in [1.54, 1.807) is 0 Å². The van der Waals surface area contributed by atoms with Gasteiger partial charge in [-0.05, 0) is 31.8 Å². The van der Waals surface area contributed by atoms with E-state index >= 15 is 0 Å². The number of pyridine rings is 1. The van der Waals surface area contributed by atoms with Gasteiger partial charge >= 0.3 is 0 Å². The third-order valence-electron chi connectivity index (χ3n) is 2.76. The molecule has 90 valence electrons. The second-order valence-electron chi connectivity index (χ2n) is 4.44. The largest absolute Gasteiger partial charge is 0.307 e. The van der Waals surface area contributed by atoms with Crippen LogP contribution in [-0.4, -0.2) is 30.5 Å². The van der Waals surface area contributed by atoms with Gasteiger partial charge in [-0.2, -0.15) is 0 Å². The molecule has 1 aromatic heterocycles. The first-order chi connectivity index (χ1) is 8.20. The normalized spacial score (nSPS) is 13.2. The van der Waals surface area contributed by atoms with Gasteiger partial charge in [-0.15, -0.1) is 0 Å². The summed E-state index contributed by atoms with van der Waals surface area (Å²) in [5, 5.41) is 1.14. The summed E-state index contributed by atoms with van der Waals surface area (Å²) in [6.07, 6.45) is 1.89. The molecule has 0 spiro atoms. The molecule has 0 bridgehead atoms. The summed E-state index contributed by atoms with van der Waals surface area (Å²) in [5.74, 6) is 5.59. The van der Waals surface area contributed by atoms with E-state index < -0.39 is 0 Å². The maximum atomic E-state index is 5.59. The highest BCUT2D eigenvalue weighted by Gasteiger charge is 2.11. The molecule has 0 radical (unpaired) electrons. The highest BCUT2D eigenvalue weighted by atomic mass is 15.3. The van der Waals surface area contributed by atoms with Crippen molar-refractivity contribution in [3.63, 3.8) is 0 Å². The molecule has 0 aliphatic rings. The van der Waals surface area contributed by atoms with E-state index in [9.17, 15) is 0 Å². The number of fused-ring (bicyclic) bond motifs is 1. The Balaban J connectivity index is 2.34. The minimum atomic E-state index is 0.0992. The molecular formula is C13H18N4. The smallest absolute Gasteiger partial charge is 0.0702 e. The molecule has 4 heteroatoms. The summed E-state index contributed by atoms with van der Waals surface area (Å²) in [5.41, 5.74) is 4.95. The molecule has 0 aliphatic carbocycles. The van der Waals surface area contributed by atoms with Gasteiger partial charge in [0.05, 0.1) is 11.6 Å². The van der Waals surface area contributed by atoms with Crippen LogP contribution in [0.3, 0.4) is 0 Å². The van der Waals surface area contributed by atoms with Gasteiger partial charge in [0.25, 0.3) is 0 Å². The fourth-order valence-corrected chi connectivity index (χ4v) is 1.90. The van der Waals surface area contributed by atoms with Crippen LogP contribution in [-0.2, 0) is 0 Å². The number of aromatic nitrogens is 1. The lowest BCUT2D eigenvalue weighted by molar-refractivity contribution is 0.344. The number of benzene rings is 1. The molecule has 2 rings (SSSR count). The van der Waals surface area contributed by atoms with E-state index in [1.165, 1.54) is 0 Å². The number of hydrogen-bond donors (Lipinski definition) is 2. The van der Waals surface area contributed by atoms with E-state index in [1.807, 2.05) is 38.5 Å². The number of para-hydroxylation sites is 1. The molecule has 1 heterocycles. The van der Waals surface area contributed by atoms with Crippen LogP contribution < -0.4 is 11.3 Å². The number of nitrogens with two attached hydrogens (primary N) is 1. The van der Waals surface area contributed by atoms with Gasteiger partial charge in [0, 0.05) is 18.1 Å². The average Bonchev–Trinajstić information content (AvgIpc) is 2.35. The monoisotopic (exact) mass is 230 g/mol. The Labute approximate surface area is 101 Å².